The Hall–Kier alpha value is -0.940. The van der Waals surface area contributed by atoms with Crippen LogP contribution in [0.4, 0.5) is 4.39 Å². The number of hydrogen-bond donors (Lipinski definition) is 0. The van der Waals surface area contributed by atoms with Crippen LogP contribution in [-0.4, -0.2) is 19.7 Å². The molecule has 0 N–H and O–H groups in total. The molecule has 0 bridgehead atoms. The number of carbonyl (C=O) groups is 1. The monoisotopic (exact) mass is 330 g/mol. The summed E-state index contributed by atoms with van der Waals surface area (Å²) in [6.45, 7) is 0.701. The highest BCUT2D eigenvalue weighted by Crippen LogP contribution is 2.36. The van der Waals surface area contributed by atoms with Crippen LogP contribution < -0.4 is 0 Å². The minimum absolute atomic E-state index is 0.0749. The molecule has 1 aliphatic heterocycles. The number of carbonyl (C=O) groups excluding carboxylic acids is 1. The summed E-state index contributed by atoms with van der Waals surface area (Å²) >= 11 is 3.27. The van der Waals surface area contributed by atoms with Crippen LogP contribution in [0.2, 0.25) is 0 Å². The number of methoxy groups -OCH3 is 1. The maximum absolute atomic E-state index is 13.4. The number of esters is 1. The first-order valence-electron chi connectivity index (χ1n) is 6.26. The minimum atomic E-state index is -0.672. The Bertz CT molecular complexity index is 458. The first kappa shape index (κ1) is 14.5. The van der Waals surface area contributed by atoms with Gasteiger partial charge in [-0.15, -0.1) is 0 Å². The summed E-state index contributed by atoms with van der Waals surface area (Å²) in [6, 6.07) is 4.45. The van der Waals surface area contributed by atoms with Crippen molar-refractivity contribution < 1.29 is 18.7 Å². The molecule has 1 aromatic rings. The Morgan fingerprint density at radius 2 is 2.32 bits per heavy atom. The largest absolute Gasteiger partial charge is 0.468 e. The second kappa shape index (κ2) is 6.48. The molecule has 0 saturated carbocycles. The standard InChI is InChI=1S/C14H16BrFO3/c1-18-14(17)13(15)11-8-9(16)5-6-10(11)12-4-2-3-7-19-12/h5-6,8,12-13H,2-4,7H2,1H3. The van der Waals surface area contributed by atoms with Crippen molar-refractivity contribution in [1.82, 2.24) is 0 Å². The molecule has 2 atom stereocenters. The Balaban J connectivity index is 2.34. The number of alkyl halides is 1. The lowest BCUT2D eigenvalue weighted by atomic mass is 9.95. The molecule has 0 aromatic heterocycles. The smallest absolute Gasteiger partial charge is 0.324 e. The average Bonchev–Trinajstić information content (AvgIpc) is 2.46. The van der Waals surface area contributed by atoms with Crippen molar-refractivity contribution in [2.75, 3.05) is 13.7 Å². The van der Waals surface area contributed by atoms with Gasteiger partial charge in [0.25, 0.3) is 0 Å². The van der Waals surface area contributed by atoms with Crippen LogP contribution in [0.1, 0.15) is 41.3 Å². The number of rotatable bonds is 3. The second-order valence-corrected chi connectivity index (χ2v) is 5.43. The van der Waals surface area contributed by atoms with Crippen molar-refractivity contribution >= 4 is 21.9 Å². The van der Waals surface area contributed by atoms with E-state index in [2.05, 4.69) is 15.9 Å². The highest BCUT2D eigenvalue weighted by molar-refractivity contribution is 9.09. The van der Waals surface area contributed by atoms with Crippen molar-refractivity contribution in [1.29, 1.82) is 0 Å². The van der Waals surface area contributed by atoms with E-state index in [0.29, 0.717) is 12.2 Å². The molecule has 1 heterocycles. The predicted octanol–water partition coefficient (Wildman–Crippen LogP) is 3.68. The quantitative estimate of drug-likeness (QED) is 0.626. The highest BCUT2D eigenvalue weighted by atomic mass is 79.9. The van der Waals surface area contributed by atoms with Crippen LogP contribution in [0.3, 0.4) is 0 Å². The third kappa shape index (κ3) is 3.34. The van der Waals surface area contributed by atoms with Gasteiger partial charge in [-0.2, -0.15) is 0 Å². The van der Waals surface area contributed by atoms with Gasteiger partial charge in [0.05, 0.1) is 13.2 Å². The van der Waals surface area contributed by atoms with Crippen molar-refractivity contribution in [3.63, 3.8) is 0 Å². The van der Waals surface area contributed by atoms with Gasteiger partial charge in [0.15, 0.2) is 0 Å². The van der Waals surface area contributed by atoms with Crippen LogP contribution in [0.25, 0.3) is 0 Å². The number of halogens is 2. The van der Waals surface area contributed by atoms with E-state index in [9.17, 15) is 9.18 Å². The van der Waals surface area contributed by atoms with Gasteiger partial charge in [-0.25, -0.2) is 4.39 Å². The maximum atomic E-state index is 13.4. The lowest BCUT2D eigenvalue weighted by Gasteiger charge is -2.26. The van der Waals surface area contributed by atoms with E-state index in [0.717, 1.165) is 24.8 Å². The average molecular weight is 331 g/mol. The summed E-state index contributed by atoms with van der Waals surface area (Å²) in [6.07, 6.45) is 2.93. The lowest BCUT2D eigenvalue weighted by Crippen LogP contribution is -2.17. The zero-order valence-corrected chi connectivity index (χ0v) is 12.3. The fourth-order valence-electron chi connectivity index (χ4n) is 2.27. The molecular weight excluding hydrogens is 315 g/mol. The second-order valence-electron chi connectivity index (χ2n) is 4.51. The van der Waals surface area contributed by atoms with E-state index < -0.39 is 10.8 Å². The summed E-state index contributed by atoms with van der Waals surface area (Å²) in [5, 5.41) is 0. The van der Waals surface area contributed by atoms with E-state index >= 15 is 0 Å². The molecular formula is C14H16BrFO3. The van der Waals surface area contributed by atoms with Crippen molar-refractivity contribution in [2.45, 2.75) is 30.2 Å². The summed E-state index contributed by atoms with van der Waals surface area (Å²) in [4.78, 5) is 11.0. The molecule has 0 amide bonds. The van der Waals surface area contributed by atoms with E-state index in [-0.39, 0.29) is 11.9 Å². The fraction of sp³-hybridized carbons (Fsp3) is 0.500. The minimum Gasteiger partial charge on any atom is -0.468 e. The number of hydrogen-bond acceptors (Lipinski definition) is 3. The zero-order chi connectivity index (χ0) is 13.8. The van der Waals surface area contributed by atoms with E-state index in [1.165, 1.54) is 19.2 Å². The molecule has 3 nitrogen and oxygen atoms in total. The number of ether oxygens (including phenoxy) is 2. The van der Waals surface area contributed by atoms with Crippen LogP contribution in [-0.2, 0) is 14.3 Å². The van der Waals surface area contributed by atoms with Gasteiger partial charge in [-0.3, -0.25) is 4.79 Å². The summed E-state index contributed by atoms with van der Waals surface area (Å²) in [5.41, 5.74) is 1.44. The van der Waals surface area contributed by atoms with E-state index in [1.54, 1.807) is 6.07 Å². The van der Waals surface area contributed by atoms with E-state index in [1.807, 2.05) is 0 Å². The maximum Gasteiger partial charge on any atom is 0.324 e. The molecule has 5 heteroatoms. The van der Waals surface area contributed by atoms with Gasteiger partial charge >= 0.3 is 5.97 Å². The Morgan fingerprint density at radius 1 is 1.53 bits per heavy atom. The zero-order valence-electron chi connectivity index (χ0n) is 10.7. The van der Waals surface area contributed by atoms with Gasteiger partial charge in [-0.05, 0) is 42.5 Å². The Labute approximate surface area is 120 Å². The van der Waals surface area contributed by atoms with Gasteiger partial charge in [0.2, 0.25) is 0 Å². The van der Waals surface area contributed by atoms with E-state index in [4.69, 9.17) is 9.47 Å². The summed E-state index contributed by atoms with van der Waals surface area (Å²) in [7, 11) is 1.31. The van der Waals surface area contributed by atoms with Crippen LogP contribution in [0.15, 0.2) is 18.2 Å². The van der Waals surface area contributed by atoms with Gasteiger partial charge < -0.3 is 9.47 Å². The third-order valence-corrected chi connectivity index (χ3v) is 4.12. The van der Waals surface area contributed by atoms with Crippen LogP contribution >= 0.6 is 15.9 Å². The van der Waals surface area contributed by atoms with Crippen molar-refractivity contribution in [2.24, 2.45) is 0 Å². The molecule has 1 aromatic carbocycles. The molecule has 2 unspecified atom stereocenters. The van der Waals surface area contributed by atoms with Crippen LogP contribution in [0, 0.1) is 5.82 Å². The Morgan fingerprint density at radius 3 is 2.95 bits per heavy atom. The topological polar surface area (TPSA) is 35.5 Å². The summed E-state index contributed by atoms with van der Waals surface area (Å²) in [5.74, 6) is -0.814. The first-order valence-corrected chi connectivity index (χ1v) is 7.18. The molecule has 1 fully saturated rings. The lowest BCUT2D eigenvalue weighted by molar-refractivity contribution is -0.139. The molecule has 104 valence electrons. The molecule has 19 heavy (non-hydrogen) atoms. The molecule has 2 rings (SSSR count). The molecule has 0 spiro atoms. The Kier molecular flexibility index (Phi) is 4.93. The highest BCUT2D eigenvalue weighted by Gasteiger charge is 2.26. The van der Waals surface area contributed by atoms with Crippen molar-refractivity contribution in [3.8, 4) is 0 Å². The van der Waals surface area contributed by atoms with Gasteiger partial charge in [-0.1, -0.05) is 22.0 Å². The van der Waals surface area contributed by atoms with Gasteiger partial charge in [0.1, 0.15) is 10.6 Å². The fourth-order valence-corrected chi connectivity index (χ4v) is 2.86. The third-order valence-electron chi connectivity index (χ3n) is 3.26. The van der Waals surface area contributed by atoms with Gasteiger partial charge in [0, 0.05) is 6.61 Å². The molecule has 1 aliphatic rings. The molecule has 0 radical (unpaired) electrons. The predicted molar refractivity (Wildman–Crippen MR) is 72.6 cm³/mol. The SMILES string of the molecule is COC(=O)C(Br)c1cc(F)ccc1C1CCCCO1. The first-order chi connectivity index (χ1) is 9.13. The normalized spacial score (nSPS) is 20.9. The van der Waals surface area contributed by atoms with Crippen LogP contribution in [0.5, 0.6) is 0 Å². The summed E-state index contributed by atoms with van der Waals surface area (Å²) < 4.78 is 23.8. The van der Waals surface area contributed by atoms with Crippen molar-refractivity contribution in [3.05, 3.63) is 35.1 Å². The molecule has 0 aliphatic carbocycles. The number of benzene rings is 1. The molecule has 1 saturated heterocycles.